The van der Waals surface area contributed by atoms with E-state index in [0.29, 0.717) is 28.3 Å². The number of hydrogen-bond donors (Lipinski definition) is 1. The molecule has 37 heavy (non-hydrogen) atoms. The number of carbonyl (C=O) groups is 1. The zero-order chi connectivity index (χ0) is 26.1. The molecule has 0 radical (unpaired) electrons. The Labute approximate surface area is 217 Å². The zero-order valence-electron chi connectivity index (χ0n) is 21.6. The molecular weight excluding hydrogens is 463 g/mol. The van der Waals surface area contributed by atoms with Gasteiger partial charge in [-0.1, -0.05) is 25.1 Å². The van der Waals surface area contributed by atoms with Crippen molar-refractivity contribution in [1.29, 1.82) is 0 Å². The van der Waals surface area contributed by atoms with Gasteiger partial charge in [-0.05, 0) is 85.0 Å². The first-order valence-electron chi connectivity index (χ1n) is 12.9. The van der Waals surface area contributed by atoms with Crippen molar-refractivity contribution in [3.63, 3.8) is 0 Å². The van der Waals surface area contributed by atoms with Crippen LogP contribution in [0.15, 0.2) is 67.1 Å². The van der Waals surface area contributed by atoms with Gasteiger partial charge in [-0.15, -0.1) is 0 Å². The molecule has 2 aromatic heterocycles. The average Bonchev–Trinajstić information content (AvgIpc) is 2.88. The fraction of sp³-hybridized carbons (Fsp3) is 0.323. The van der Waals surface area contributed by atoms with Gasteiger partial charge >= 0.3 is 0 Å². The minimum absolute atomic E-state index is 0.0973. The lowest BCUT2D eigenvalue weighted by Gasteiger charge is -2.32. The van der Waals surface area contributed by atoms with Crippen LogP contribution in [0.25, 0.3) is 10.9 Å². The molecule has 1 aliphatic rings. The molecule has 0 saturated heterocycles. The number of fused-ring (bicyclic) bond motifs is 1. The van der Waals surface area contributed by atoms with E-state index in [9.17, 15) is 9.18 Å². The van der Waals surface area contributed by atoms with Crippen molar-refractivity contribution in [3.05, 3.63) is 95.2 Å². The molecule has 1 fully saturated rings. The van der Waals surface area contributed by atoms with Gasteiger partial charge in [0.15, 0.2) is 5.78 Å². The first kappa shape index (κ1) is 25.0. The number of hydrogen-bond acceptors (Lipinski definition) is 5. The fourth-order valence-corrected chi connectivity index (χ4v) is 5.83. The van der Waals surface area contributed by atoms with E-state index in [1.54, 1.807) is 30.7 Å². The molecule has 3 atom stereocenters. The molecule has 1 saturated carbocycles. The Morgan fingerprint density at radius 2 is 1.92 bits per heavy atom. The Bertz CT molecular complexity index is 1440. The Balaban J connectivity index is 1.46. The second kappa shape index (κ2) is 10.4. The van der Waals surface area contributed by atoms with Gasteiger partial charge in [0, 0.05) is 48.5 Å². The summed E-state index contributed by atoms with van der Waals surface area (Å²) < 4.78 is 15.0. The molecule has 190 valence electrons. The summed E-state index contributed by atoms with van der Waals surface area (Å²) in [5, 5.41) is 0.335. The molecule has 0 unspecified atom stereocenters. The van der Waals surface area contributed by atoms with Gasteiger partial charge in [0.2, 0.25) is 0 Å². The summed E-state index contributed by atoms with van der Waals surface area (Å²) in [5.41, 5.74) is 12.0. The summed E-state index contributed by atoms with van der Waals surface area (Å²) >= 11 is 0. The van der Waals surface area contributed by atoms with Crippen molar-refractivity contribution in [2.45, 2.75) is 51.5 Å². The molecule has 2 N–H and O–H groups in total. The van der Waals surface area contributed by atoms with Gasteiger partial charge in [0.1, 0.15) is 5.82 Å². The van der Waals surface area contributed by atoms with Gasteiger partial charge in [0.25, 0.3) is 0 Å². The van der Waals surface area contributed by atoms with Crippen molar-refractivity contribution >= 4 is 28.1 Å². The van der Waals surface area contributed by atoms with Crippen LogP contribution in [-0.2, 0) is 6.42 Å². The third kappa shape index (κ3) is 5.12. The number of Topliss-reactive ketones (excluding diaryl/α,β-unsaturated/α-hetero) is 1. The van der Waals surface area contributed by atoms with Gasteiger partial charge in [0.05, 0.1) is 17.4 Å². The zero-order valence-corrected chi connectivity index (χ0v) is 21.6. The third-order valence-corrected chi connectivity index (χ3v) is 7.66. The van der Waals surface area contributed by atoms with E-state index >= 15 is 0 Å². The molecule has 1 aliphatic carbocycles. The van der Waals surface area contributed by atoms with E-state index in [0.717, 1.165) is 47.3 Å². The largest absolute Gasteiger partial charge is 0.343 e. The highest BCUT2D eigenvalue weighted by Gasteiger charge is 2.28. The number of halogens is 1. The van der Waals surface area contributed by atoms with Crippen LogP contribution in [-0.4, -0.2) is 28.8 Å². The molecule has 4 aromatic rings. The number of aromatic nitrogens is 2. The molecule has 0 amide bonds. The van der Waals surface area contributed by atoms with E-state index in [-0.39, 0.29) is 18.2 Å². The molecule has 0 bridgehead atoms. The lowest BCUT2D eigenvalue weighted by molar-refractivity contribution is 0.0994. The minimum Gasteiger partial charge on any atom is -0.343 e. The molecule has 0 spiro atoms. The summed E-state index contributed by atoms with van der Waals surface area (Å²) in [4.78, 5) is 24.4. The minimum atomic E-state index is -0.397. The number of nitrogens with two attached hydrogens (primary N) is 1. The summed E-state index contributed by atoms with van der Waals surface area (Å²) in [5.74, 6) is 0.362. The fourth-order valence-electron chi connectivity index (χ4n) is 5.83. The normalized spacial score (nSPS) is 19.6. The van der Waals surface area contributed by atoms with Gasteiger partial charge in [-0.2, -0.15) is 0 Å². The topological polar surface area (TPSA) is 72.1 Å². The SMILES string of the molecule is Cc1ccccc1N(C)c1cnc2c(C(=O)Cc3cnccc3[C@@H]3C[C@H](C)C[C@H](N)C3)ccc(F)c2c1. The van der Waals surface area contributed by atoms with Crippen molar-refractivity contribution in [2.24, 2.45) is 11.7 Å². The first-order valence-corrected chi connectivity index (χ1v) is 12.9. The van der Waals surface area contributed by atoms with E-state index in [4.69, 9.17) is 5.73 Å². The number of ketones is 1. The van der Waals surface area contributed by atoms with Crippen LogP contribution in [0.2, 0.25) is 0 Å². The highest BCUT2D eigenvalue weighted by atomic mass is 19.1. The quantitative estimate of drug-likeness (QED) is 0.309. The standard InChI is InChI=1S/C31H33FN4O/c1-19-12-21(14-23(33)13-19)25-10-11-34-17-22(25)15-30(37)26-8-9-28(32)27-16-24(18-35-31(26)27)36(3)29-7-5-4-6-20(29)2/h4-11,16-19,21,23H,12-15,33H2,1-3H3/t19-,21+,23-/m0/s1. The number of benzene rings is 2. The Kier molecular flexibility index (Phi) is 7.02. The van der Waals surface area contributed by atoms with Crippen LogP contribution in [0.1, 0.15) is 59.2 Å². The van der Waals surface area contributed by atoms with Crippen molar-refractivity contribution in [3.8, 4) is 0 Å². The van der Waals surface area contributed by atoms with Crippen LogP contribution in [0.3, 0.4) is 0 Å². The van der Waals surface area contributed by atoms with E-state index in [2.05, 4.69) is 16.9 Å². The number of pyridine rings is 2. The highest BCUT2D eigenvalue weighted by molar-refractivity contribution is 6.08. The summed E-state index contributed by atoms with van der Waals surface area (Å²) in [6.07, 6.45) is 8.46. The number of para-hydroxylation sites is 1. The van der Waals surface area contributed by atoms with Gasteiger partial charge < -0.3 is 10.6 Å². The number of anilines is 2. The lowest BCUT2D eigenvalue weighted by atomic mass is 9.75. The van der Waals surface area contributed by atoms with Crippen LogP contribution >= 0.6 is 0 Å². The van der Waals surface area contributed by atoms with Crippen molar-refractivity contribution in [2.75, 3.05) is 11.9 Å². The predicted octanol–water partition coefficient (Wildman–Crippen LogP) is 6.50. The van der Waals surface area contributed by atoms with Crippen LogP contribution in [0.4, 0.5) is 15.8 Å². The second-order valence-electron chi connectivity index (χ2n) is 10.5. The summed E-state index contributed by atoms with van der Waals surface area (Å²) in [6.45, 7) is 4.27. The van der Waals surface area contributed by atoms with Crippen molar-refractivity contribution in [1.82, 2.24) is 9.97 Å². The van der Waals surface area contributed by atoms with Gasteiger partial charge in [-0.3, -0.25) is 14.8 Å². The molecule has 2 heterocycles. The Hall–Kier alpha value is -3.64. The smallest absolute Gasteiger partial charge is 0.169 e. The monoisotopic (exact) mass is 496 g/mol. The highest BCUT2D eigenvalue weighted by Crippen LogP contribution is 2.37. The van der Waals surface area contributed by atoms with Crippen molar-refractivity contribution < 1.29 is 9.18 Å². The van der Waals surface area contributed by atoms with Crippen LogP contribution < -0.4 is 10.6 Å². The number of rotatable bonds is 6. The maximum Gasteiger partial charge on any atom is 0.169 e. The lowest BCUT2D eigenvalue weighted by Crippen LogP contribution is -2.31. The maximum atomic E-state index is 15.0. The average molecular weight is 497 g/mol. The third-order valence-electron chi connectivity index (χ3n) is 7.66. The number of aryl methyl sites for hydroxylation is 1. The molecule has 2 aromatic carbocycles. The Morgan fingerprint density at radius 1 is 1.11 bits per heavy atom. The van der Waals surface area contributed by atoms with E-state index in [1.165, 1.54) is 6.07 Å². The Morgan fingerprint density at radius 3 is 2.70 bits per heavy atom. The van der Waals surface area contributed by atoms with E-state index in [1.807, 2.05) is 49.2 Å². The van der Waals surface area contributed by atoms with Gasteiger partial charge in [-0.25, -0.2) is 4.39 Å². The molecule has 0 aliphatic heterocycles. The van der Waals surface area contributed by atoms with Crippen LogP contribution in [0, 0.1) is 18.7 Å². The first-order chi connectivity index (χ1) is 17.8. The predicted molar refractivity (Wildman–Crippen MR) is 147 cm³/mol. The molecule has 5 rings (SSSR count). The summed E-state index contributed by atoms with van der Waals surface area (Å²) in [6, 6.07) is 14.9. The molecule has 5 nitrogen and oxygen atoms in total. The van der Waals surface area contributed by atoms with Crippen LogP contribution in [0.5, 0.6) is 0 Å². The summed E-state index contributed by atoms with van der Waals surface area (Å²) in [7, 11) is 1.93. The number of nitrogens with zero attached hydrogens (tertiary/aromatic N) is 3. The maximum absolute atomic E-state index is 15.0. The molecular formula is C31H33FN4O. The molecule has 6 heteroatoms. The number of carbonyl (C=O) groups excluding carboxylic acids is 1. The second-order valence-corrected chi connectivity index (χ2v) is 10.5. The van der Waals surface area contributed by atoms with E-state index < -0.39 is 5.82 Å².